The Kier molecular flexibility index (Phi) is 2.76. The fourth-order valence-electron chi connectivity index (χ4n) is 6.26. The van der Waals surface area contributed by atoms with Crippen molar-refractivity contribution in [3.63, 3.8) is 0 Å². The zero-order valence-electron chi connectivity index (χ0n) is 13.9. The van der Waals surface area contributed by atoms with Gasteiger partial charge in [-0.15, -0.1) is 0 Å². The Bertz CT molecular complexity index is 447. The Morgan fingerprint density at radius 2 is 1.52 bits per heavy atom. The number of ketones is 1. The van der Waals surface area contributed by atoms with Crippen LogP contribution in [0.25, 0.3) is 0 Å². The van der Waals surface area contributed by atoms with Crippen LogP contribution in [0.15, 0.2) is 0 Å². The summed E-state index contributed by atoms with van der Waals surface area (Å²) in [6.07, 6.45) is 3.07. The van der Waals surface area contributed by atoms with E-state index in [0.717, 1.165) is 38.7 Å². The molecule has 0 saturated carbocycles. The SMILES string of the molecule is CC1(C)CC(C2[NH+]3CC4(C)C[NH+]2CC(C)(C3)C4=O)CCO1. The fourth-order valence-corrected chi connectivity index (χ4v) is 6.26. The third-order valence-electron chi connectivity index (χ3n) is 6.65. The summed E-state index contributed by atoms with van der Waals surface area (Å²) in [4.78, 5) is 16.2. The van der Waals surface area contributed by atoms with Crippen LogP contribution in [-0.4, -0.2) is 50.3 Å². The molecule has 1 atom stereocenters. The molecule has 4 heteroatoms. The molecule has 5 heterocycles. The molecule has 0 aromatic rings. The van der Waals surface area contributed by atoms with Gasteiger partial charge in [0.2, 0.25) is 6.17 Å². The lowest BCUT2D eigenvalue weighted by atomic mass is 9.61. The zero-order chi connectivity index (χ0) is 15.0. The molecule has 0 aromatic carbocycles. The van der Waals surface area contributed by atoms with Crippen LogP contribution >= 0.6 is 0 Å². The van der Waals surface area contributed by atoms with Gasteiger partial charge in [-0.3, -0.25) is 14.6 Å². The van der Waals surface area contributed by atoms with Crippen molar-refractivity contribution in [1.29, 1.82) is 0 Å². The number of Topliss-reactive ketones (excluding diaryl/α,β-unsaturated/α-hetero) is 1. The van der Waals surface area contributed by atoms with Gasteiger partial charge in [-0.2, -0.15) is 0 Å². The maximum absolute atomic E-state index is 12.8. The maximum atomic E-state index is 12.8. The minimum atomic E-state index is -0.0624. The van der Waals surface area contributed by atoms with Crippen molar-refractivity contribution in [1.82, 2.24) is 0 Å². The number of rotatable bonds is 1. The predicted molar refractivity (Wildman–Crippen MR) is 79.2 cm³/mol. The normalized spacial score (nSPS) is 55.0. The molecular formula is C17H30N2O2+2. The number of hydrogen-bond donors (Lipinski definition) is 2. The van der Waals surface area contributed by atoms with Crippen molar-refractivity contribution in [2.24, 2.45) is 16.7 Å². The highest BCUT2D eigenvalue weighted by molar-refractivity contribution is 5.91. The molecule has 0 radical (unpaired) electrons. The topological polar surface area (TPSA) is 35.2 Å². The Morgan fingerprint density at radius 1 is 1.00 bits per heavy atom. The van der Waals surface area contributed by atoms with Crippen LogP contribution in [0, 0.1) is 16.7 Å². The Balaban J connectivity index is 1.62. The number of carbonyl (C=O) groups excluding carboxylic acids is 1. The number of piperidine rings is 2. The van der Waals surface area contributed by atoms with Gasteiger partial charge in [0.05, 0.1) is 37.7 Å². The molecule has 118 valence electrons. The molecule has 0 amide bonds. The fraction of sp³-hybridized carbons (Fsp3) is 0.941. The number of carbonyl (C=O) groups is 1. The first-order valence-electron chi connectivity index (χ1n) is 8.61. The first-order chi connectivity index (χ1) is 9.73. The monoisotopic (exact) mass is 294 g/mol. The van der Waals surface area contributed by atoms with E-state index >= 15 is 0 Å². The number of ether oxygens (including phenoxy) is 1. The molecule has 4 nitrogen and oxygen atoms in total. The van der Waals surface area contributed by atoms with Gasteiger partial charge >= 0.3 is 0 Å². The molecular weight excluding hydrogens is 264 g/mol. The molecule has 0 spiro atoms. The second-order valence-corrected chi connectivity index (χ2v) is 9.31. The van der Waals surface area contributed by atoms with Gasteiger partial charge in [0.25, 0.3) is 0 Å². The molecule has 2 N–H and O–H groups in total. The van der Waals surface area contributed by atoms with E-state index < -0.39 is 0 Å². The predicted octanol–water partition coefficient (Wildman–Crippen LogP) is -1.09. The quantitative estimate of drug-likeness (QED) is 0.645. The third-order valence-corrected chi connectivity index (χ3v) is 6.65. The molecule has 5 aliphatic heterocycles. The van der Waals surface area contributed by atoms with Crippen LogP contribution in [0.1, 0.15) is 40.5 Å². The van der Waals surface area contributed by atoms with Crippen LogP contribution < -0.4 is 9.80 Å². The molecule has 0 aliphatic carbocycles. The summed E-state index contributed by atoms with van der Waals surface area (Å²) in [6.45, 7) is 14.1. The van der Waals surface area contributed by atoms with Crippen LogP contribution in [0.2, 0.25) is 0 Å². The summed E-state index contributed by atoms with van der Waals surface area (Å²) in [7, 11) is 0. The molecule has 1 unspecified atom stereocenters. The molecule has 21 heavy (non-hydrogen) atoms. The van der Waals surface area contributed by atoms with E-state index in [1.807, 2.05) is 0 Å². The second-order valence-electron chi connectivity index (χ2n) is 9.31. The van der Waals surface area contributed by atoms with E-state index in [1.54, 1.807) is 9.80 Å². The highest BCUT2D eigenvalue weighted by Crippen LogP contribution is 2.37. The largest absolute Gasteiger partial charge is 0.376 e. The minimum Gasteiger partial charge on any atom is -0.376 e. The molecule has 5 fully saturated rings. The first kappa shape index (κ1) is 14.2. The van der Waals surface area contributed by atoms with E-state index in [1.165, 1.54) is 12.8 Å². The average molecular weight is 294 g/mol. The maximum Gasteiger partial charge on any atom is 0.216 e. The van der Waals surface area contributed by atoms with Gasteiger partial charge in [0.1, 0.15) is 10.8 Å². The van der Waals surface area contributed by atoms with E-state index in [-0.39, 0.29) is 16.4 Å². The van der Waals surface area contributed by atoms with Crippen LogP contribution in [0.4, 0.5) is 0 Å². The lowest BCUT2D eigenvalue weighted by Crippen LogP contribution is -3.45. The standard InChI is InChI=1S/C17H28N2O2/c1-15(2)7-12(5-6-21-15)13-18-8-16(3)9-19(13)11-17(4,10-18)14(16)20/h12-13H,5-11H2,1-4H3/p+2. The lowest BCUT2D eigenvalue weighted by Gasteiger charge is -2.60. The number of quaternary nitrogens is 2. The van der Waals surface area contributed by atoms with Crippen molar-refractivity contribution in [2.45, 2.75) is 52.3 Å². The van der Waals surface area contributed by atoms with E-state index in [9.17, 15) is 4.79 Å². The van der Waals surface area contributed by atoms with Gasteiger partial charge in [0.15, 0.2) is 5.78 Å². The molecule has 5 aliphatic rings. The molecule has 0 aromatic heterocycles. The van der Waals surface area contributed by atoms with Crippen molar-refractivity contribution in [3.05, 3.63) is 0 Å². The molecule has 5 rings (SSSR count). The highest BCUT2D eigenvalue weighted by Gasteiger charge is 2.69. The zero-order valence-corrected chi connectivity index (χ0v) is 13.9. The van der Waals surface area contributed by atoms with Crippen LogP contribution in [-0.2, 0) is 9.53 Å². The average Bonchev–Trinajstić information content (AvgIpc) is 2.33. The van der Waals surface area contributed by atoms with Gasteiger partial charge in [-0.05, 0) is 40.5 Å². The van der Waals surface area contributed by atoms with Gasteiger partial charge in [-0.1, -0.05) is 0 Å². The minimum absolute atomic E-state index is 0.0301. The Labute approximate surface area is 127 Å². The summed E-state index contributed by atoms with van der Waals surface area (Å²) in [5.74, 6) is 1.30. The summed E-state index contributed by atoms with van der Waals surface area (Å²) >= 11 is 0. The Hall–Kier alpha value is -0.450. The third kappa shape index (κ3) is 1.95. The van der Waals surface area contributed by atoms with Gasteiger partial charge < -0.3 is 4.74 Å². The molecule has 5 saturated heterocycles. The first-order valence-corrected chi connectivity index (χ1v) is 8.61. The lowest BCUT2D eigenvalue weighted by molar-refractivity contribution is -1.17. The molecule has 4 bridgehead atoms. The van der Waals surface area contributed by atoms with Crippen molar-refractivity contribution in [2.75, 3.05) is 32.8 Å². The highest BCUT2D eigenvalue weighted by atomic mass is 16.5. The Morgan fingerprint density at radius 3 is 2.00 bits per heavy atom. The van der Waals surface area contributed by atoms with Crippen molar-refractivity contribution in [3.8, 4) is 0 Å². The van der Waals surface area contributed by atoms with Crippen LogP contribution in [0.3, 0.4) is 0 Å². The van der Waals surface area contributed by atoms with Gasteiger partial charge in [-0.25, -0.2) is 0 Å². The van der Waals surface area contributed by atoms with Crippen LogP contribution in [0.5, 0.6) is 0 Å². The van der Waals surface area contributed by atoms with Crippen molar-refractivity contribution < 1.29 is 19.3 Å². The number of nitrogens with one attached hydrogen (secondary N) is 2. The van der Waals surface area contributed by atoms with E-state index in [4.69, 9.17) is 4.74 Å². The smallest absolute Gasteiger partial charge is 0.216 e. The van der Waals surface area contributed by atoms with Crippen molar-refractivity contribution >= 4 is 5.78 Å². The van der Waals surface area contributed by atoms with E-state index in [2.05, 4.69) is 27.7 Å². The van der Waals surface area contributed by atoms with E-state index in [0.29, 0.717) is 11.9 Å². The van der Waals surface area contributed by atoms with Gasteiger partial charge in [0, 0.05) is 6.61 Å². The second kappa shape index (κ2) is 4.09. The summed E-state index contributed by atoms with van der Waals surface area (Å²) in [6, 6.07) is 0. The summed E-state index contributed by atoms with van der Waals surface area (Å²) in [5, 5.41) is 0. The summed E-state index contributed by atoms with van der Waals surface area (Å²) in [5.41, 5.74) is -0.0947. The number of hydrogen-bond acceptors (Lipinski definition) is 2. The summed E-state index contributed by atoms with van der Waals surface area (Å²) < 4.78 is 5.92.